The lowest BCUT2D eigenvalue weighted by molar-refractivity contribution is 0.356. The van der Waals surface area contributed by atoms with Crippen LogP contribution in [0.5, 0.6) is 5.75 Å². The standard InChI is InChI=1S/C26H22FN7O/c1-15-3-4-16-18-11-29-26(32(2)12-19-17-7-10-35-22(17)6-5-20(19)27)34-14-30-23(24(18)34)25-28-8-9-33(25)13-21(16)31-15/h3-6,8-9,11,14H,7,10,12-13H2,1-2H3. The maximum atomic E-state index is 14.9. The van der Waals surface area contributed by atoms with Crippen LogP contribution in [0.3, 0.4) is 0 Å². The number of hydrogen-bond acceptors (Lipinski definition) is 6. The molecule has 0 radical (unpaired) electrons. The Balaban J connectivity index is 1.41. The first-order chi connectivity index (χ1) is 17.1. The molecular weight excluding hydrogens is 445 g/mol. The van der Waals surface area contributed by atoms with Crippen molar-refractivity contribution in [3.05, 3.63) is 77.5 Å². The summed E-state index contributed by atoms with van der Waals surface area (Å²) in [5.74, 6) is 1.99. The quantitative estimate of drug-likeness (QED) is 0.391. The zero-order chi connectivity index (χ0) is 23.7. The number of ether oxygens (including phenoxy) is 1. The molecule has 5 aromatic rings. The molecule has 174 valence electrons. The van der Waals surface area contributed by atoms with Crippen molar-refractivity contribution in [1.29, 1.82) is 0 Å². The van der Waals surface area contributed by atoms with Gasteiger partial charge in [-0.05, 0) is 25.1 Å². The van der Waals surface area contributed by atoms with Crippen LogP contribution in [0.2, 0.25) is 0 Å². The van der Waals surface area contributed by atoms with Gasteiger partial charge in [0.05, 0.1) is 24.4 Å². The summed E-state index contributed by atoms with van der Waals surface area (Å²) in [6.45, 7) is 3.54. The molecule has 0 unspecified atom stereocenters. The zero-order valence-electron chi connectivity index (χ0n) is 19.4. The normalized spacial score (nSPS) is 13.6. The van der Waals surface area contributed by atoms with Crippen molar-refractivity contribution in [2.45, 2.75) is 26.4 Å². The van der Waals surface area contributed by atoms with E-state index in [1.54, 1.807) is 18.6 Å². The Morgan fingerprint density at radius 2 is 2.03 bits per heavy atom. The minimum atomic E-state index is -0.230. The van der Waals surface area contributed by atoms with E-state index in [1.807, 2.05) is 41.7 Å². The Morgan fingerprint density at radius 1 is 1.11 bits per heavy atom. The van der Waals surface area contributed by atoms with E-state index in [2.05, 4.69) is 15.6 Å². The number of anilines is 1. The molecule has 0 saturated carbocycles. The third-order valence-corrected chi connectivity index (χ3v) is 6.88. The van der Waals surface area contributed by atoms with Crippen LogP contribution in [0, 0.1) is 12.7 Å². The monoisotopic (exact) mass is 467 g/mol. The highest BCUT2D eigenvalue weighted by Gasteiger charge is 2.26. The molecule has 2 aliphatic heterocycles. The van der Waals surface area contributed by atoms with Gasteiger partial charge in [0.15, 0.2) is 5.82 Å². The average Bonchev–Trinajstić information content (AvgIpc) is 3.59. The highest BCUT2D eigenvalue weighted by Crippen LogP contribution is 2.38. The molecule has 0 amide bonds. The summed E-state index contributed by atoms with van der Waals surface area (Å²) in [7, 11) is 1.92. The number of nitrogens with zero attached hydrogens (tertiary/aromatic N) is 7. The van der Waals surface area contributed by atoms with Gasteiger partial charge in [-0.15, -0.1) is 0 Å². The van der Waals surface area contributed by atoms with Gasteiger partial charge in [0.25, 0.3) is 0 Å². The highest BCUT2D eigenvalue weighted by atomic mass is 19.1. The second kappa shape index (κ2) is 7.36. The predicted molar refractivity (Wildman–Crippen MR) is 129 cm³/mol. The summed E-state index contributed by atoms with van der Waals surface area (Å²) in [4.78, 5) is 21.0. The van der Waals surface area contributed by atoms with E-state index in [0.29, 0.717) is 37.6 Å². The van der Waals surface area contributed by atoms with Crippen molar-refractivity contribution in [2.75, 3.05) is 18.6 Å². The van der Waals surface area contributed by atoms with E-state index in [0.717, 1.165) is 50.9 Å². The number of rotatable bonds is 3. The van der Waals surface area contributed by atoms with Gasteiger partial charge < -0.3 is 14.2 Å². The lowest BCUT2D eigenvalue weighted by Gasteiger charge is -2.23. The Bertz CT molecular complexity index is 1640. The van der Waals surface area contributed by atoms with Crippen LogP contribution >= 0.6 is 0 Å². The first-order valence-corrected chi connectivity index (χ1v) is 11.6. The molecule has 2 aliphatic rings. The van der Waals surface area contributed by atoms with Crippen LogP contribution in [0.1, 0.15) is 22.5 Å². The molecular formula is C26H22FN7O. The number of fused-ring (bicyclic) bond motifs is 5. The van der Waals surface area contributed by atoms with Gasteiger partial charge in [0, 0.05) is 66.6 Å². The zero-order valence-corrected chi connectivity index (χ0v) is 19.4. The summed E-state index contributed by atoms with van der Waals surface area (Å²) in [5, 5.41) is 0. The Kier molecular flexibility index (Phi) is 4.24. The summed E-state index contributed by atoms with van der Waals surface area (Å²) < 4.78 is 24.5. The van der Waals surface area contributed by atoms with Gasteiger partial charge in [-0.2, -0.15) is 0 Å². The molecule has 4 aromatic heterocycles. The lowest BCUT2D eigenvalue weighted by atomic mass is 10.0. The van der Waals surface area contributed by atoms with Gasteiger partial charge in [0.2, 0.25) is 5.95 Å². The number of aryl methyl sites for hydroxylation is 1. The number of halogens is 1. The molecule has 0 spiro atoms. The smallest absolute Gasteiger partial charge is 0.211 e. The Hall–Kier alpha value is -4.27. The Labute approximate surface area is 200 Å². The van der Waals surface area contributed by atoms with Crippen molar-refractivity contribution in [2.24, 2.45) is 0 Å². The minimum absolute atomic E-state index is 0.230. The summed E-state index contributed by atoms with van der Waals surface area (Å²) >= 11 is 0. The van der Waals surface area contributed by atoms with Crippen molar-refractivity contribution in [3.63, 3.8) is 0 Å². The van der Waals surface area contributed by atoms with Crippen LogP contribution in [-0.2, 0) is 19.5 Å². The molecule has 0 N–H and O–H groups in total. The summed E-state index contributed by atoms with van der Waals surface area (Å²) in [6.07, 6.45) is 8.09. The lowest BCUT2D eigenvalue weighted by Crippen LogP contribution is -2.22. The maximum absolute atomic E-state index is 14.9. The molecule has 0 bridgehead atoms. The first-order valence-electron chi connectivity index (χ1n) is 11.6. The van der Waals surface area contributed by atoms with Crippen molar-refractivity contribution in [1.82, 2.24) is 28.9 Å². The topological polar surface area (TPSA) is 73.4 Å². The molecule has 0 atom stereocenters. The van der Waals surface area contributed by atoms with E-state index in [4.69, 9.17) is 19.7 Å². The number of benzene rings is 1. The molecule has 8 nitrogen and oxygen atoms in total. The van der Waals surface area contributed by atoms with Crippen LogP contribution in [0.25, 0.3) is 28.2 Å². The second-order valence-electron chi connectivity index (χ2n) is 9.07. The third kappa shape index (κ3) is 2.97. The molecule has 0 fully saturated rings. The van der Waals surface area contributed by atoms with E-state index >= 15 is 0 Å². The largest absolute Gasteiger partial charge is 0.493 e. The fraction of sp³-hybridized carbons (Fsp3) is 0.231. The van der Waals surface area contributed by atoms with E-state index in [1.165, 1.54) is 6.07 Å². The van der Waals surface area contributed by atoms with E-state index < -0.39 is 0 Å². The molecule has 0 saturated heterocycles. The van der Waals surface area contributed by atoms with E-state index in [-0.39, 0.29) is 5.82 Å². The Morgan fingerprint density at radius 3 is 2.94 bits per heavy atom. The number of aromatic nitrogens is 6. The van der Waals surface area contributed by atoms with Gasteiger partial charge in [-0.1, -0.05) is 6.07 Å². The maximum Gasteiger partial charge on any atom is 0.211 e. The number of hydrogen-bond donors (Lipinski definition) is 0. The van der Waals surface area contributed by atoms with Crippen LogP contribution in [-0.4, -0.2) is 42.6 Å². The van der Waals surface area contributed by atoms with Crippen LogP contribution in [0.4, 0.5) is 10.3 Å². The molecule has 7 rings (SSSR count). The summed E-state index contributed by atoms with van der Waals surface area (Å²) in [6, 6.07) is 7.30. The minimum Gasteiger partial charge on any atom is -0.493 e. The average molecular weight is 468 g/mol. The van der Waals surface area contributed by atoms with E-state index in [9.17, 15) is 4.39 Å². The first kappa shape index (κ1) is 20.1. The van der Waals surface area contributed by atoms with Crippen molar-refractivity contribution < 1.29 is 9.13 Å². The fourth-order valence-electron chi connectivity index (χ4n) is 5.23. The predicted octanol–water partition coefficient (Wildman–Crippen LogP) is 4.04. The van der Waals surface area contributed by atoms with Crippen molar-refractivity contribution in [3.8, 4) is 28.4 Å². The molecule has 1 aromatic carbocycles. The third-order valence-electron chi connectivity index (χ3n) is 6.88. The van der Waals surface area contributed by atoms with Gasteiger partial charge in [-0.3, -0.25) is 9.38 Å². The van der Waals surface area contributed by atoms with Crippen LogP contribution < -0.4 is 9.64 Å². The number of pyridine rings is 1. The molecule has 6 heterocycles. The SMILES string of the molecule is Cc1ccc2c(n1)Cn1ccnc1-c1ncn3c(N(C)Cc4c(F)ccc5c4CCO5)ncc-2c13. The van der Waals surface area contributed by atoms with Crippen molar-refractivity contribution >= 4 is 11.5 Å². The van der Waals surface area contributed by atoms with Gasteiger partial charge in [-0.25, -0.2) is 19.3 Å². The molecule has 0 aliphatic carbocycles. The number of imidazole rings is 2. The molecule has 35 heavy (non-hydrogen) atoms. The van der Waals surface area contributed by atoms with Gasteiger partial charge in [0.1, 0.15) is 23.6 Å². The highest BCUT2D eigenvalue weighted by molar-refractivity contribution is 5.91. The fourth-order valence-corrected chi connectivity index (χ4v) is 5.23. The van der Waals surface area contributed by atoms with Crippen LogP contribution in [0.15, 0.2) is 49.2 Å². The summed E-state index contributed by atoms with van der Waals surface area (Å²) in [5.41, 5.74) is 7.16. The van der Waals surface area contributed by atoms with Gasteiger partial charge >= 0.3 is 0 Å². The molecule has 9 heteroatoms. The second-order valence-corrected chi connectivity index (χ2v) is 9.07.